The summed E-state index contributed by atoms with van der Waals surface area (Å²) in [4.78, 5) is 0. The highest BCUT2D eigenvalue weighted by Gasteiger charge is 2.29. The zero-order chi connectivity index (χ0) is 18.2. The zero-order valence-electron chi connectivity index (χ0n) is 16.2. The van der Waals surface area contributed by atoms with Crippen LogP contribution in [-0.4, -0.2) is 43.9 Å². The Bertz CT molecular complexity index is 656. The maximum Gasteiger partial charge on any atom is 0.125 e. The van der Waals surface area contributed by atoms with E-state index in [0.29, 0.717) is 0 Å². The van der Waals surface area contributed by atoms with Crippen LogP contribution in [0, 0.1) is 13.8 Å². The van der Waals surface area contributed by atoms with E-state index in [1.807, 2.05) is 0 Å². The number of aryl methyl sites for hydroxylation is 2. The summed E-state index contributed by atoms with van der Waals surface area (Å²) >= 11 is 0. The molecule has 0 saturated carbocycles. The van der Waals surface area contributed by atoms with Crippen LogP contribution in [0.3, 0.4) is 0 Å². The first-order chi connectivity index (χ1) is 12.7. The highest BCUT2D eigenvalue weighted by atomic mass is 16.5. The molecule has 1 heterocycles. The van der Waals surface area contributed by atoms with Gasteiger partial charge >= 0.3 is 0 Å². The predicted octanol–water partition coefficient (Wildman–Crippen LogP) is 4.51. The fourth-order valence-electron chi connectivity index (χ4n) is 4.01. The van der Waals surface area contributed by atoms with E-state index in [4.69, 9.17) is 9.47 Å². The molecule has 0 bridgehead atoms. The van der Waals surface area contributed by atoms with Crippen molar-refractivity contribution in [3.05, 3.63) is 65.2 Å². The third-order valence-electron chi connectivity index (χ3n) is 5.42. The monoisotopic (exact) mass is 354 g/mol. The molecule has 1 fully saturated rings. The molecule has 3 rings (SSSR count). The molecule has 1 atom stereocenters. The van der Waals surface area contributed by atoms with Crippen LogP contribution >= 0.6 is 0 Å². The highest BCUT2D eigenvalue weighted by Crippen LogP contribution is 2.23. The zero-order valence-corrected chi connectivity index (χ0v) is 16.2. The lowest BCUT2D eigenvalue weighted by atomic mass is 10.1. The van der Waals surface area contributed by atoms with E-state index in [2.05, 4.69) is 62.4 Å². The van der Waals surface area contributed by atoms with Gasteiger partial charge in [-0.25, -0.2) is 0 Å². The number of hydrogen-bond acceptors (Lipinski definition) is 2. The lowest BCUT2D eigenvalue weighted by Gasteiger charge is -2.37. The first kappa shape index (κ1) is 18.9. The Morgan fingerprint density at radius 2 is 1.69 bits per heavy atom. The standard InChI is InChI=1S/C23H32NO2/c1-20-9-6-10-21(2)23(20)26-17-8-14-24(13-7-16-25-18-15-24)19-22-11-4-3-5-12-22/h3-6,9-12H,7-8,13-19H2,1-2H3/q+1. The molecule has 2 aromatic carbocycles. The van der Waals surface area contributed by atoms with Gasteiger partial charge in [0.25, 0.3) is 0 Å². The second-order valence-electron chi connectivity index (χ2n) is 7.55. The molecule has 0 spiro atoms. The van der Waals surface area contributed by atoms with Crippen molar-refractivity contribution in [1.29, 1.82) is 0 Å². The second-order valence-corrected chi connectivity index (χ2v) is 7.55. The highest BCUT2D eigenvalue weighted by molar-refractivity contribution is 5.39. The topological polar surface area (TPSA) is 18.5 Å². The Hall–Kier alpha value is -1.84. The van der Waals surface area contributed by atoms with Crippen molar-refractivity contribution in [1.82, 2.24) is 0 Å². The SMILES string of the molecule is Cc1cccc(C)c1OCCC[N+]1(Cc2ccccc2)CCCOCC1. The number of para-hydroxylation sites is 1. The molecule has 140 valence electrons. The molecule has 1 aliphatic heterocycles. The van der Waals surface area contributed by atoms with Crippen molar-refractivity contribution in [2.45, 2.75) is 33.2 Å². The van der Waals surface area contributed by atoms with Crippen LogP contribution in [0.2, 0.25) is 0 Å². The van der Waals surface area contributed by atoms with E-state index in [1.54, 1.807) is 0 Å². The minimum Gasteiger partial charge on any atom is -0.493 e. The maximum absolute atomic E-state index is 6.14. The Kier molecular flexibility index (Phi) is 6.70. The van der Waals surface area contributed by atoms with Crippen molar-refractivity contribution in [2.75, 3.05) is 39.5 Å². The Labute approximate surface area is 158 Å². The normalized spacial score (nSPS) is 20.5. The van der Waals surface area contributed by atoms with Gasteiger partial charge < -0.3 is 14.0 Å². The maximum atomic E-state index is 6.14. The first-order valence-corrected chi connectivity index (χ1v) is 9.84. The van der Waals surface area contributed by atoms with Crippen LogP contribution in [0.5, 0.6) is 5.75 Å². The first-order valence-electron chi connectivity index (χ1n) is 9.84. The summed E-state index contributed by atoms with van der Waals surface area (Å²) < 4.78 is 13.0. The van der Waals surface area contributed by atoms with Crippen molar-refractivity contribution >= 4 is 0 Å². The van der Waals surface area contributed by atoms with Crippen LogP contribution in [0.15, 0.2) is 48.5 Å². The fourth-order valence-corrected chi connectivity index (χ4v) is 4.01. The van der Waals surface area contributed by atoms with E-state index < -0.39 is 0 Å². The molecular formula is C23H32NO2+. The second kappa shape index (κ2) is 9.20. The van der Waals surface area contributed by atoms with Gasteiger partial charge in [-0.3, -0.25) is 0 Å². The smallest absolute Gasteiger partial charge is 0.125 e. The van der Waals surface area contributed by atoms with Gasteiger partial charge in [0.15, 0.2) is 0 Å². The lowest BCUT2D eigenvalue weighted by molar-refractivity contribution is -0.939. The van der Waals surface area contributed by atoms with Crippen LogP contribution in [0.4, 0.5) is 0 Å². The Balaban J connectivity index is 1.61. The lowest BCUT2D eigenvalue weighted by Crippen LogP contribution is -2.50. The van der Waals surface area contributed by atoms with Gasteiger partial charge in [0.05, 0.1) is 32.9 Å². The average molecular weight is 355 g/mol. The quantitative estimate of drug-likeness (QED) is 0.538. The van der Waals surface area contributed by atoms with E-state index in [0.717, 1.165) is 62.5 Å². The molecule has 0 radical (unpaired) electrons. The van der Waals surface area contributed by atoms with Crippen molar-refractivity contribution in [3.63, 3.8) is 0 Å². The predicted molar refractivity (Wildman–Crippen MR) is 106 cm³/mol. The van der Waals surface area contributed by atoms with Crippen LogP contribution in [0.1, 0.15) is 29.5 Å². The molecule has 0 N–H and O–H groups in total. The van der Waals surface area contributed by atoms with E-state index in [-0.39, 0.29) is 0 Å². The summed E-state index contributed by atoms with van der Waals surface area (Å²) in [6, 6.07) is 17.2. The molecular weight excluding hydrogens is 322 g/mol. The number of benzene rings is 2. The van der Waals surface area contributed by atoms with Crippen LogP contribution in [0.25, 0.3) is 0 Å². The molecule has 1 aliphatic rings. The molecule has 1 unspecified atom stereocenters. The molecule has 0 aromatic heterocycles. The average Bonchev–Trinajstić information content (AvgIpc) is 2.87. The number of quaternary nitrogens is 1. The molecule has 0 amide bonds. The van der Waals surface area contributed by atoms with Crippen molar-refractivity contribution in [2.24, 2.45) is 0 Å². The third-order valence-corrected chi connectivity index (χ3v) is 5.42. The summed E-state index contributed by atoms with van der Waals surface area (Å²) in [5.74, 6) is 1.06. The molecule has 3 heteroatoms. The van der Waals surface area contributed by atoms with Crippen molar-refractivity contribution < 1.29 is 14.0 Å². The summed E-state index contributed by atoms with van der Waals surface area (Å²) in [5.41, 5.74) is 3.87. The number of rotatable bonds is 7. The summed E-state index contributed by atoms with van der Waals surface area (Å²) in [5, 5.41) is 0. The van der Waals surface area contributed by atoms with Crippen molar-refractivity contribution in [3.8, 4) is 5.75 Å². The molecule has 2 aromatic rings. The van der Waals surface area contributed by atoms with E-state index >= 15 is 0 Å². The molecule has 1 saturated heterocycles. The molecule has 3 nitrogen and oxygen atoms in total. The molecule has 0 aliphatic carbocycles. The summed E-state index contributed by atoms with van der Waals surface area (Å²) in [7, 11) is 0. The van der Waals surface area contributed by atoms with Crippen LogP contribution in [-0.2, 0) is 11.3 Å². The largest absolute Gasteiger partial charge is 0.493 e. The van der Waals surface area contributed by atoms with E-state index in [9.17, 15) is 0 Å². The number of nitrogens with zero attached hydrogens (tertiary/aromatic N) is 1. The fraction of sp³-hybridized carbons (Fsp3) is 0.478. The number of hydrogen-bond donors (Lipinski definition) is 0. The Morgan fingerprint density at radius 1 is 0.923 bits per heavy atom. The Morgan fingerprint density at radius 3 is 2.46 bits per heavy atom. The third kappa shape index (κ3) is 5.09. The van der Waals surface area contributed by atoms with Gasteiger partial charge in [0, 0.05) is 18.4 Å². The van der Waals surface area contributed by atoms with Gasteiger partial charge in [-0.2, -0.15) is 0 Å². The number of ether oxygens (including phenoxy) is 2. The van der Waals surface area contributed by atoms with Gasteiger partial charge in [-0.1, -0.05) is 48.5 Å². The van der Waals surface area contributed by atoms with Gasteiger partial charge in [-0.15, -0.1) is 0 Å². The summed E-state index contributed by atoms with van der Waals surface area (Å²) in [6.45, 7) is 11.3. The summed E-state index contributed by atoms with van der Waals surface area (Å²) in [6.07, 6.45) is 2.21. The van der Waals surface area contributed by atoms with Crippen LogP contribution < -0.4 is 4.74 Å². The van der Waals surface area contributed by atoms with Gasteiger partial charge in [0.2, 0.25) is 0 Å². The van der Waals surface area contributed by atoms with Gasteiger partial charge in [-0.05, 0) is 25.0 Å². The minimum atomic E-state index is 0.779. The van der Waals surface area contributed by atoms with E-state index in [1.165, 1.54) is 23.2 Å². The van der Waals surface area contributed by atoms with Gasteiger partial charge in [0.1, 0.15) is 18.8 Å². The minimum absolute atomic E-state index is 0.779. The molecule has 26 heavy (non-hydrogen) atoms.